The molecule has 5 rings (SSSR count). The molecule has 7 nitrogen and oxygen atoms in total. The quantitative estimate of drug-likeness (QED) is 0.108. The van der Waals surface area contributed by atoms with Crippen LogP contribution in [0, 0.1) is 16.7 Å². The molecule has 0 bridgehead atoms. The Bertz CT molecular complexity index is 1790. The van der Waals surface area contributed by atoms with E-state index in [4.69, 9.17) is 34.7 Å². The van der Waals surface area contributed by atoms with E-state index in [9.17, 15) is 5.11 Å². The lowest BCUT2D eigenvalue weighted by Crippen LogP contribution is -2.65. The average molecular weight is 799 g/mol. The minimum atomic E-state index is -2.09. The van der Waals surface area contributed by atoms with Gasteiger partial charge in [-0.3, -0.25) is 0 Å². The molecule has 1 saturated carbocycles. The van der Waals surface area contributed by atoms with Crippen LogP contribution in [0.15, 0.2) is 102 Å². The number of allylic oxidation sites excluding steroid dienone is 1. The van der Waals surface area contributed by atoms with Crippen LogP contribution in [0.5, 0.6) is 11.5 Å². The molecule has 3 aromatic carbocycles. The van der Waals surface area contributed by atoms with Crippen molar-refractivity contribution in [2.24, 2.45) is 16.7 Å². The molecule has 0 unspecified atom stereocenters. The van der Waals surface area contributed by atoms with Crippen LogP contribution in [-0.4, -0.2) is 58.7 Å². The first kappa shape index (κ1) is 44.9. The second kappa shape index (κ2) is 18.4. The van der Waals surface area contributed by atoms with Gasteiger partial charge >= 0.3 is 0 Å². The molecule has 2 aliphatic carbocycles. The molecule has 0 aromatic heterocycles. The smallest absolute Gasteiger partial charge is 0.192 e. The highest BCUT2D eigenvalue weighted by Gasteiger charge is 2.61. The van der Waals surface area contributed by atoms with Crippen molar-refractivity contribution in [1.29, 1.82) is 0 Å². The van der Waals surface area contributed by atoms with Crippen LogP contribution in [0.25, 0.3) is 0 Å². The zero-order valence-corrected chi connectivity index (χ0v) is 37.7. The van der Waals surface area contributed by atoms with Gasteiger partial charge in [-0.1, -0.05) is 114 Å². The second-order valence-corrected chi connectivity index (χ2v) is 23.6. The van der Waals surface area contributed by atoms with Gasteiger partial charge in [0.25, 0.3) is 0 Å². The van der Waals surface area contributed by atoms with Crippen LogP contribution < -0.4 is 9.47 Å². The van der Waals surface area contributed by atoms with Gasteiger partial charge in [-0.2, -0.15) is 0 Å². The lowest BCUT2D eigenvalue weighted by molar-refractivity contribution is -0.223. The summed E-state index contributed by atoms with van der Waals surface area (Å²) in [7, 11) is 1.26. The molecular formula is C49H70O7Si. The van der Waals surface area contributed by atoms with Gasteiger partial charge in [-0.25, -0.2) is 0 Å². The lowest BCUT2D eigenvalue weighted by Gasteiger charge is -2.58. The Hall–Kier alpha value is -3.24. The Morgan fingerprint density at radius 2 is 1.35 bits per heavy atom. The highest BCUT2D eigenvalue weighted by Crippen LogP contribution is 2.57. The Morgan fingerprint density at radius 1 is 0.789 bits per heavy atom. The molecule has 0 amide bonds. The number of hydrogen-bond acceptors (Lipinski definition) is 7. The summed E-state index contributed by atoms with van der Waals surface area (Å²) in [6.45, 7) is 27.1. The second-order valence-electron chi connectivity index (χ2n) is 18.7. The third kappa shape index (κ3) is 9.97. The van der Waals surface area contributed by atoms with Gasteiger partial charge in [0.1, 0.15) is 17.1 Å². The molecule has 1 N–H and O–H groups in total. The number of methoxy groups -OCH3 is 2. The van der Waals surface area contributed by atoms with Crippen LogP contribution in [0.2, 0.25) is 18.1 Å². The van der Waals surface area contributed by atoms with Crippen molar-refractivity contribution in [2.75, 3.05) is 27.4 Å². The average Bonchev–Trinajstić information content (AvgIpc) is 3.17. The monoisotopic (exact) mass is 798 g/mol. The highest BCUT2D eigenvalue weighted by atomic mass is 28.4. The summed E-state index contributed by atoms with van der Waals surface area (Å²) in [5, 5.41) is 13.7. The maximum absolute atomic E-state index is 13.7. The molecule has 0 aliphatic heterocycles. The minimum absolute atomic E-state index is 0.0617. The van der Waals surface area contributed by atoms with E-state index in [0.717, 1.165) is 53.0 Å². The van der Waals surface area contributed by atoms with Crippen molar-refractivity contribution in [1.82, 2.24) is 0 Å². The molecule has 2 aliphatic rings. The molecule has 3 aromatic rings. The molecular weight excluding hydrogens is 729 g/mol. The molecule has 0 spiro atoms. The first-order valence-corrected chi connectivity index (χ1v) is 23.6. The van der Waals surface area contributed by atoms with Crippen LogP contribution in [0.1, 0.15) is 90.8 Å². The Labute approximate surface area is 344 Å². The number of ether oxygens (including phenoxy) is 5. The Morgan fingerprint density at radius 3 is 1.91 bits per heavy atom. The maximum atomic E-state index is 13.7. The van der Waals surface area contributed by atoms with Crippen molar-refractivity contribution in [3.05, 3.63) is 119 Å². The predicted octanol–water partition coefficient (Wildman–Crippen LogP) is 11.3. The summed E-state index contributed by atoms with van der Waals surface area (Å²) >= 11 is 0. The van der Waals surface area contributed by atoms with Crippen LogP contribution in [-0.2, 0) is 38.5 Å². The SMILES string of the molecule is C=C1CC[C@H](OCc2ccc(OC)cc2)[C@@](C)(COCc2ccc(OC)cc2)[C@@H]1[C@H](OCc1ccccc1)[C@]1(O)CCC(C)=C(CO[Si](C)(C)C(C)(C)C)C1(C)C. The fourth-order valence-corrected chi connectivity index (χ4v) is 9.63. The molecule has 312 valence electrons. The molecule has 57 heavy (non-hydrogen) atoms. The first-order chi connectivity index (χ1) is 26.9. The molecule has 8 heteroatoms. The van der Waals surface area contributed by atoms with E-state index in [0.29, 0.717) is 39.5 Å². The Balaban J connectivity index is 1.56. The van der Waals surface area contributed by atoms with Crippen molar-refractivity contribution in [3.63, 3.8) is 0 Å². The van der Waals surface area contributed by atoms with Crippen molar-refractivity contribution in [3.8, 4) is 11.5 Å². The topological polar surface area (TPSA) is 75.6 Å². The maximum Gasteiger partial charge on any atom is 0.192 e. The fourth-order valence-electron chi connectivity index (χ4n) is 8.69. The number of aliphatic hydroxyl groups is 1. The molecule has 1 fully saturated rings. The first-order valence-electron chi connectivity index (χ1n) is 20.7. The van der Waals surface area contributed by atoms with Crippen molar-refractivity contribution < 1.29 is 33.2 Å². The standard InChI is InChI=1S/C49H70O7Si/c1-35-28-29-49(50,47(6,7)42(35)33-56-57(11,12)46(3,4)5)45(55-32-37-16-14-13-15-17-37)44-36(2)18-27-43(54-31-39-21-25-41(52-10)26-22-39)48(44,8)34-53-30-38-19-23-40(51-9)24-20-38/h13-17,19-26,43-45,50H,2,18,27-34H2,1,3-12H3/t43-,44-,45-,48+,49+/m0/s1. The van der Waals surface area contributed by atoms with E-state index in [1.54, 1.807) is 14.2 Å². The Kier molecular flexibility index (Phi) is 14.4. The largest absolute Gasteiger partial charge is 0.497 e. The van der Waals surface area contributed by atoms with Gasteiger partial charge in [0.15, 0.2) is 8.32 Å². The van der Waals surface area contributed by atoms with E-state index in [2.05, 4.69) is 85.8 Å². The fraction of sp³-hybridized carbons (Fsp3) is 0.551. The summed E-state index contributed by atoms with van der Waals surface area (Å²) in [5.74, 6) is 1.32. The zero-order chi connectivity index (χ0) is 41.6. The number of hydrogen-bond donors (Lipinski definition) is 1. The van der Waals surface area contributed by atoms with Gasteiger partial charge < -0.3 is 33.2 Å². The molecule has 0 heterocycles. The lowest BCUT2D eigenvalue weighted by atomic mass is 9.53. The number of benzene rings is 3. The van der Waals surface area contributed by atoms with Crippen LogP contribution >= 0.6 is 0 Å². The van der Waals surface area contributed by atoms with Gasteiger partial charge in [0.05, 0.1) is 59.5 Å². The van der Waals surface area contributed by atoms with Crippen molar-refractivity contribution >= 4 is 8.32 Å². The van der Waals surface area contributed by atoms with Crippen molar-refractivity contribution in [2.45, 2.75) is 130 Å². The third-order valence-electron chi connectivity index (χ3n) is 13.7. The molecule has 5 atom stereocenters. The van der Waals surface area contributed by atoms with E-state index >= 15 is 0 Å². The summed E-state index contributed by atoms with van der Waals surface area (Å²) in [6, 6.07) is 26.3. The van der Waals surface area contributed by atoms with Gasteiger partial charge in [-0.15, -0.1) is 0 Å². The van der Waals surface area contributed by atoms with E-state index in [1.807, 2.05) is 54.6 Å². The zero-order valence-electron chi connectivity index (χ0n) is 36.7. The van der Waals surface area contributed by atoms with Gasteiger partial charge in [0, 0.05) is 16.7 Å². The summed E-state index contributed by atoms with van der Waals surface area (Å²) in [5.41, 5.74) is 4.12. The summed E-state index contributed by atoms with van der Waals surface area (Å²) in [6.07, 6.45) is 2.01. The molecule has 0 saturated heterocycles. The molecule has 0 radical (unpaired) electrons. The van der Waals surface area contributed by atoms with Crippen LogP contribution in [0.3, 0.4) is 0 Å². The summed E-state index contributed by atoms with van der Waals surface area (Å²) < 4.78 is 38.6. The summed E-state index contributed by atoms with van der Waals surface area (Å²) in [4.78, 5) is 0. The van der Waals surface area contributed by atoms with Crippen LogP contribution in [0.4, 0.5) is 0 Å². The normalized spacial score (nSPS) is 24.7. The third-order valence-corrected chi connectivity index (χ3v) is 18.2. The number of rotatable bonds is 17. The van der Waals surface area contributed by atoms with Gasteiger partial charge in [0.2, 0.25) is 0 Å². The van der Waals surface area contributed by atoms with E-state index in [1.165, 1.54) is 11.1 Å². The van der Waals surface area contributed by atoms with E-state index in [-0.39, 0.29) is 17.1 Å². The predicted molar refractivity (Wildman–Crippen MR) is 233 cm³/mol. The minimum Gasteiger partial charge on any atom is -0.497 e. The van der Waals surface area contributed by atoms with E-state index < -0.39 is 30.9 Å². The van der Waals surface area contributed by atoms with Gasteiger partial charge in [-0.05, 0) is 97.3 Å². The highest BCUT2D eigenvalue weighted by molar-refractivity contribution is 6.74.